The van der Waals surface area contributed by atoms with Crippen LogP contribution in [0.2, 0.25) is 0 Å². The van der Waals surface area contributed by atoms with Crippen LogP contribution in [-0.4, -0.2) is 11.7 Å². The van der Waals surface area contributed by atoms with Crippen molar-refractivity contribution in [3.05, 3.63) is 59.8 Å². The number of nitrogen functional groups attached to an aromatic ring is 1. The quantitative estimate of drug-likeness (QED) is 0.799. The van der Waals surface area contributed by atoms with E-state index >= 15 is 0 Å². The largest absolute Gasteiger partial charge is 0.481 e. The first-order valence-corrected chi connectivity index (χ1v) is 6.64. The maximum absolute atomic E-state index is 9.26. The van der Waals surface area contributed by atoms with E-state index in [9.17, 15) is 5.26 Å². The van der Waals surface area contributed by atoms with Gasteiger partial charge in [0.15, 0.2) is 0 Å². The molecule has 3 rings (SSSR count). The van der Waals surface area contributed by atoms with Gasteiger partial charge in [0.05, 0.1) is 19.3 Å². The summed E-state index contributed by atoms with van der Waals surface area (Å²) in [6, 6.07) is 18.1. The van der Waals surface area contributed by atoms with Gasteiger partial charge >= 0.3 is 0 Å². The van der Waals surface area contributed by atoms with Crippen molar-refractivity contribution in [1.82, 2.24) is 4.57 Å². The highest BCUT2D eigenvalue weighted by Crippen LogP contribution is 2.28. The number of nitrogens with two attached hydrogens (primary N) is 1. The topological polar surface area (TPSA) is 64.0 Å². The molecule has 0 aliphatic heterocycles. The molecule has 0 unspecified atom stereocenters. The second-order valence-electron chi connectivity index (χ2n) is 4.83. The Morgan fingerprint density at radius 2 is 1.95 bits per heavy atom. The fraction of sp³-hybridized carbons (Fsp3) is 0.118. The highest BCUT2D eigenvalue weighted by Gasteiger charge is 2.14. The van der Waals surface area contributed by atoms with Crippen LogP contribution in [-0.2, 0) is 6.54 Å². The smallest absolute Gasteiger partial charge is 0.218 e. The van der Waals surface area contributed by atoms with Gasteiger partial charge < -0.3 is 10.5 Å². The van der Waals surface area contributed by atoms with Gasteiger partial charge in [0, 0.05) is 6.07 Å². The molecule has 0 amide bonds. The summed E-state index contributed by atoms with van der Waals surface area (Å²) in [4.78, 5) is 0. The first kappa shape index (κ1) is 13.1. The van der Waals surface area contributed by atoms with Crippen LogP contribution in [0, 0.1) is 11.3 Å². The SMILES string of the molecule is COc1c(N)cc(C#N)n1Cc1cccc2ccccc12. The molecule has 2 aromatic carbocycles. The Morgan fingerprint density at radius 1 is 1.19 bits per heavy atom. The van der Waals surface area contributed by atoms with Crippen molar-refractivity contribution in [2.24, 2.45) is 0 Å². The van der Waals surface area contributed by atoms with E-state index in [2.05, 4.69) is 30.3 Å². The third-order valence-electron chi connectivity index (χ3n) is 3.59. The zero-order valence-electron chi connectivity index (χ0n) is 11.7. The number of nitriles is 1. The average Bonchev–Trinajstić information content (AvgIpc) is 2.82. The summed E-state index contributed by atoms with van der Waals surface area (Å²) in [5, 5.41) is 11.6. The van der Waals surface area contributed by atoms with Crippen LogP contribution in [0.5, 0.6) is 5.88 Å². The van der Waals surface area contributed by atoms with E-state index in [-0.39, 0.29) is 0 Å². The van der Waals surface area contributed by atoms with Crippen LogP contribution in [0.3, 0.4) is 0 Å². The average molecular weight is 277 g/mol. The number of aromatic nitrogens is 1. The van der Waals surface area contributed by atoms with Gasteiger partial charge in [-0.1, -0.05) is 42.5 Å². The lowest BCUT2D eigenvalue weighted by atomic mass is 10.0. The molecular weight excluding hydrogens is 262 g/mol. The molecule has 104 valence electrons. The second-order valence-corrected chi connectivity index (χ2v) is 4.83. The summed E-state index contributed by atoms with van der Waals surface area (Å²) in [5.41, 5.74) is 8.00. The number of nitrogens with zero attached hydrogens (tertiary/aromatic N) is 2. The number of methoxy groups -OCH3 is 1. The van der Waals surface area contributed by atoms with Gasteiger partial charge in [-0.25, -0.2) is 0 Å². The molecule has 1 heterocycles. The number of anilines is 1. The molecule has 1 aromatic heterocycles. The van der Waals surface area contributed by atoms with Crippen molar-refractivity contribution in [2.45, 2.75) is 6.54 Å². The van der Waals surface area contributed by atoms with Gasteiger partial charge in [-0.15, -0.1) is 0 Å². The number of hydrogen-bond acceptors (Lipinski definition) is 3. The normalized spacial score (nSPS) is 10.5. The van der Waals surface area contributed by atoms with Crippen LogP contribution in [0.1, 0.15) is 11.3 Å². The first-order valence-electron chi connectivity index (χ1n) is 6.64. The third kappa shape index (κ3) is 2.19. The molecular formula is C17H15N3O. The number of hydrogen-bond donors (Lipinski definition) is 1. The predicted molar refractivity (Wildman–Crippen MR) is 83.2 cm³/mol. The van der Waals surface area contributed by atoms with E-state index in [1.165, 1.54) is 10.8 Å². The van der Waals surface area contributed by atoms with Crippen LogP contribution in [0.4, 0.5) is 5.69 Å². The first-order chi connectivity index (χ1) is 10.2. The van der Waals surface area contributed by atoms with E-state index < -0.39 is 0 Å². The number of ether oxygens (including phenoxy) is 1. The molecule has 0 aliphatic carbocycles. The van der Waals surface area contributed by atoms with Crippen molar-refractivity contribution < 1.29 is 4.74 Å². The summed E-state index contributed by atoms with van der Waals surface area (Å²) < 4.78 is 7.13. The highest BCUT2D eigenvalue weighted by molar-refractivity contribution is 5.85. The third-order valence-corrected chi connectivity index (χ3v) is 3.59. The summed E-state index contributed by atoms with van der Waals surface area (Å²) >= 11 is 0. The molecule has 0 saturated carbocycles. The molecule has 4 nitrogen and oxygen atoms in total. The molecule has 2 N–H and O–H groups in total. The molecule has 4 heteroatoms. The van der Waals surface area contributed by atoms with Gasteiger partial charge in [-0.3, -0.25) is 4.57 Å². The van der Waals surface area contributed by atoms with E-state index in [0.717, 1.165) is 5.56 Å². The zero-order chi connectivity index (χ0) is 14.8. The maximum atomic E-state index is 9.26. The molecule has 0 bridgehead atoms. The Balaban J connectivity index is 2.13. The van der Waals surface area contributed by atoms with Crippen molar-refractivity contribution in [1.29, 1.82) is 5.26 Å². The minimum Gasteiger partial charge on any atom is -0.481 e. The second kappa shape index (κ2) is 5.22. The molecule has 0 saturated heterocycles. The monoisotopic (exact) mass is 277 g/mol. The minimum atomic E-state index is 0.481. The molecule has 21 heavy (non-hydrogen) atoms. The standard InChI is InChI=1S/C17H15N3O/c1-21-17-16(19)9-14(10-18)20(17)11-13-7-4-6-12-5-2-3-8-15(12)13/h2-9H,11,19H2,1H3. The lowest BCUT2D eigenvalue weighted by Crippen LogP contribution is -2.05. The van der Waals surface area contributed by atoms with E-state index in [4.69, 9.17) is 10.5 Å². The van der Waals surface area contributed by atoms with Gasteiger partial charge in [-0.05, 0) is 16.3 Å². The van der Waals surface area contributed by atoms with Gasteiger partial charge in [0.25, 0.3) is 0 Å². The van der Waals surface area contributed by atoms with Crippen molar-refractivity contribution in [2.75, 3.05) is 12.8 Å². The lowest BCUT2D eigenvalue weighted by molar-refractivity contribution is 0.379. The minimum absolute atomic E-state index is 0.481. The lowest BCUT2D eigenvalue weighted by Gasteiger charge is -2.12. The number of rotatable bonds is 3. The number of benzene rings is 2. The summed E-state index contributed by atoms with van der Waals surface area (Å²) in [6.07, 6.45) is 0. The van der Waals surface area contributed by atoms with Crippen LogP contribution < -0.4 is 10.5 Å². The van der Waals surface area contributed by atoms with E-state index in [0.29, 0.717) is 23.8 Å². The molecule has 0 fully saturated rings. The molecule has 0 radical (unpaired) electrons. The van der Waals surface area contributed by atoms with Gasteiger partial charge in [0.2, 0.25) is 5.88 Å². The Labute approximate surface area is 123 Å². The van der Waals surface area contributed by atoms with Gasteiger partial charge in [-0.2, -0.15) is 5.26 Å². The van der Waals surface area contributed by atoms with Crippen LogP contribution in [0.25, 0.3) is 10.8 Å². The number of fused-ring (bicyclic) bond motifs is 1. The summed E-state index contributed by atoms with van der Waals surface area (Å²) in [7, 11) is 1.56. The fourth-order valence-corrected chi connectivity index (χ4v) is 2.63. The van der Waals surface area contributed by atoms with Crippen molar-refractivity contribution in [3.63, 3.8) is 0 Å². The maximum Gasteiger partial charge on any atom is 0.218 e. The summed E-state index contributed by atoms with van der Waals surface area (Å²) in [6.45, 7) is 0.546. The Bertz CT molecular complexity index is 838. The Hall–Kier alpha value is -2.93. The highest BCUT2D eigenvalue weighted by atomic mass is 16.5. The molecule has 0 aliphatic rings. The Morgan fingerprint density at radius 3 is 2.71 bits per heavy atom. The summed E-state index contributed by atoms with van der Waals surface area (Å²) in [5.74, 6) is 0.527. The molecule has 3 aromatic rings. The van der Waals surface area contributed by atoms with Crippen LogP contribution in [0.15, 0.2) is 48.5 Å². The zero-order valence-corrected chi connectivity index (χ0v) is 11.7. The van der Waals surface area contributed by atoms with E-state index in [1.807, 2.05) is 18.2 Å². The molecule has 0 atom stereocenters. The van der Waals surface area contributed by atoms with E-state index in [1.54, 1.807) is 17.7 Å². The molecule has 0 spiro atoms. The van der Waals surface area contributed by atoms with Crippen LogP contribution >= 0.6 is 0 Å². The predicted octanol–water partition coefficient (Wildman–Crippen LogP) is 3.15. The van der Waals surface area contributed by atoms with Gasteiger partial charge in [0.1, 0.15) is 11.8 Å². The fourth-order valence-electron chi connectivity index (χ4n) is 2.63. The van der Waals surface area contributed by atoms with Crippen molar-refractivity contribution >= 4 is 16.5 Å². The Kier molecular flexibility index (Phi) is 3.25. The van der Waals surface area contributed by atoms with Crippen molar-refractivity contribution in [3.8, 4) is 11.9 Å².